The van der Waals surface area contributed by atoms with E-state index in [9.17, 15) is 4.79 Å². The first kappa shape index (κ1) is 20.4. The van der Waals surface area contributed by atoms with Crippen molar-refractivity contribution in [3.05, 3.63) is 102 Å². The average Bonchev–Trinajstić information content (AvgIpc) is 3.34. The SMILES string of the molecule is O=C(Nc1ccc(OCCc2ccccc2)nc1)c1cccc(-c2ccc3n[nH]nc3c2)c1. The number of hydrogen-bond acceptors (Lipinski definition) is 5. The van der Waals surface area contributed by atoms with Gasteiger partial charge in [-0.15, -0.1) is 0 Å². The number of rotatable bonds is 7. The van der Waals surface area contributed by atoms with Gasteiger partial charge < -0.3 is 10.1 Å². The van der Waals surface area contributed by atoms with Crippen LogP contribution in [0.2, 0.25) is 0 Å². The monoisotopic (exact) mass is 435 g/mol. The van der Waals surface area contributed by atoms with Crippen LogP contribution in [-0.2, 0) is 6.42 Å². The molecule has 7 heteroatoms. The Kier molecular flexibility index (Phi) is 5.75. The van der Waals surface area contributed by atoms with Gasteiger partial charge in [0.2, 0.25) is 5.88 Å². The van der Waals surface area contributed by atoms with Crippen LogP contribution in [0.25, 0.3) is 22.2 Å². The van der Waals surface area contributed by atoms with Crippen molar-refractivity contribution >= 4 is 22.6 Å². The van der Waals surface area contributed by atoms with Gasteiger partial charge in [-0.1, -0.05) is 48.5 Å². The van der Waals surface area contributed by atoms with Crippen molar-refractivity contribution in [2.45, 2.75) is 6.42 Å². The number of anilines is 1. The number of pyridine rings is 1. The molecule has 0 saturated heterocycles. The minimum absolute atomic E-state index is 0.209. The summed E-state index contributed by atoms with van der Waals surface area (Å²) in [6.07, 6.45) is 2.40. The Morgan fingerprint density at radius 2 is 1.70 bits per heavy atom. The summed E-state index contributed by atoms with van der Waals surface area (Å²) < 4.78 is 5.71. The largest absolute Gasteiger partial charge is 0.477 e. The number of hydrogen-bond donors (Lipinski definition) is 2. The summed E-state index contributed by atoms with van der Waals surface area (Å²) in [7, 11) is 0. The summed E-state index contributed by atoms with van der Waals surface area (Å²) in [4.78, 5) is 17.1. The molecule has 2 heterocycles. The van der Waals surface area contributed by atoms with Crippen LogP contribution in [0.1, 0.15) is 15.9 Å². The molecule has 0 atom stereocenters. The molecule has 33 heavy (non-hydrogen) atoms. The van der Waals surface area contributed by atoms with Crippen LogP contribution in [-0.4, -0.2) is 32.9 Å². The summed E-state index contributed by atoms with van der Waals surface area (Å²) in [5.74, 6) is 0.313. The molecule has 7 nitrogen and oxygen atoms in total. The van der Waals surface area contributed by atoms with E-state index in [-0.39, 0.29) is 5.91 Å². The minimum Gasteiger partial charge on any atom is -0.477 e. The molecule has 162 valence electrons. The lowest BCUT2D eigenvalue weighted by atomic mass is 10.0. The van der Waals surface area contributed by atoms with Crippen LogP contribution in [0, 0.1) is 0 Å². The van der Waals surface area contributed by atoms with E-state index in [1.54, 1.807) is 24.4 Å². The molecule has 2 N–H and O–H groups in total. The second-order valence-electron chi connectivity index (χ2n) is 7.53. The molecule has 3 aromatic carbocycles. The number of H-pyrrole nitrogens is 1. The van der Waals surface area contributed by atoms with Gasteiger partial charge in [-0.05, 0) is 47.0 Å². The van der Waals surface area contributed by atoms with Gasteiger partial charge in [-0.3, -0.25) is 4.79 Å². The lowest BCUT2D eigenvalue weighted by Crippen LogP contribution is -2.12. The molecule has 0 unspecified atom stereocenters. The van der Waals surface area contributed by atoms with Gasteiger partial charge in [-0.25, -0.2) is 4.98 Å². The van der Waals surface area contributed by atoms with E-state index in [4.69, 9.17) is 4.74 Å². The highest BCUT2D eigenvalue weighted by Gasteiger charge is 2.09. The van der Waals surface area contributed by atoms with E-state index >= 15 is 0 Å². The van der Waals surface area contributed by atoms with Crippen molar-refractivity contribution in [1.82, 2.24) is 20.4 Å². The maximum Gasteiger partial charge on any atom is 0.255 e. The van der Waals surface area contributed by atoms with Crippen LogP contribution < -0.4 is 10.1 Å². The number of carbonyl (C=O) groups is 1. The first-order valence-electron chi connectivity index (χ1n) is 10.6. The molecule has 5 rings (SSSR count). The number of aromatic nitrogens is 4. The lowest BCUT2D eigenvalue weighted by Gasteiger charge is -2.09. The maximum atomic E-state index is 12.8. The summed E-state index contributed by atoms with van der Waals surface area (Å²) >= 11 is 0. The van der Waals surface area contributed by atoms with Gasteiger partial charge in [0.25, 0.3) is 5.91 Å². The van der Waals surface area contributed by atoms with Gasteiger partial charge in [-0.2, -0.15) is 15.4 Å². The molecular formula is C26H21N5O2. The van der Waals surface area contributed by atoms with Crippen molar-refractivity contribution in [1.29, 1.82) is 0 Å². The van der Waals surface area contributed by atoms with E-state index in [1.807, 2.05) is 54.6 Å². The van der Waals surface area contributed by atoms with Crippen molar-refractivity contribution in [3.63, 3.8) is 0 Å². The van der Waals surface area contributed by atoms with Crippen LogP contribution in [0.5, 0.6) is 5.88 Å². The number of carbonyl (C=O) groups excluding carboxylic acids is 1. The zero-order valence-electron chi connectivity index (χ0n) is 17.7. The fourth-order valence-corrected chi connectivity index (χ4v) is 3.52. The summed E-state index contributed by atoms with van der Waals surface area (Å²) in [6.45, 7) is 0.537. The van der Waals surface area contributed by atoms with Crippen LogP contribution >= 0.6 is 0 Å². The van der Waals surface area contributed by atoms with E-state index in [1.165, 1.54) is 5.56 Å². The van der Waals surface area contributed by atoms with Gasteiger partial charge in [0.1, 0.15) is 11.0 Å². The number of nitrogens with one attached hydrogen (secondary N) is 2. The topological polar surface area (TPSA) is 92.8 Å². The summed E-state index contributed by atoms with van der Waals surface area (Å²) in [5.41, 5.74) is 5.83. The molecule has 0 aliphatic carbocycles. The van der Waals surface area contributed by atoms with Crippen molar-refractivity contribution < 1.29 is 9.53 Å². The highest BCUT2D eigenvalue weighted by molar-refractivity contribution is 6.05. The number of ether oxygens (including phenoxy) is 1. The quantitative estimate of drug-likeness (QED) is 0.380. The van der Waals surface area contributed by atoms with Gasteiger partial charge in [0, 0.05) is 18.1 Å². The fraction of sp³-hybridized carbons (Fsp3) is 0.0769. The third kappa shape index (κ3) is 4.88. The first-order valence-corrected chi connectivity index (χ1v) is 10.6. The molecule has 0 fully saturated rings. The number of benzene rings is 3. The number of amides is 1. The molecule has 1 amide bonds. The molecule has 2 aromatic heterocycles. The second kappa shape index (κ2) is 9.32. The standard InChI is InChI=1S/C26H21N5O2/c32-26(21-8-4-7-19(15-21)20-9-11-23-24(16-20)30-31-29-23)28-22-10-12-25(27-17-22)33-14-13-18-5-2-1-3-6-18/h1-12,15-17H,13-14H2,(H,28,32)(H,29,30,31). The van der Waals surface area contributed by atoms with Gasteiger partial charge in [0.15, 0.2) is 0 Å². The Hall–Kier alpha value is -4.52. The molecule has 0 saturated carbocycles. The number of nitrogens with zero attached hydrogens (tertiary/aromatic N) is 3. The zero-order valence-corrected chi connectivity index (χ0v) is 17.7. The zero-order chi connectivity index (χ0) is 22.5. The van der Waals surface area contributed by atoms with Crippen molar-refractivity contribution in [2.75, 3.05) is 11.9 Å². The smallest absolute Gasteiger partial charge is 0.255 e. The van der Waals surface area contributed by atoms with Crippen molar-refractivity contribution in [2.24, 2.45) is 0 Å². The third-order valence-corrected chi connectivity index (χ3v) is 5.25. The Balaban J connectivity index is 1.21. The Bertz CT molecular complexity index is 1380. The molecule has 0 radical (unpaired) electrons. The molecule has 0 aliphatic heterocycles. The average molecular weight is 435 g/mol. The predicted molar refractivity (Wildman–Crippen MR) is 127 cm³/mol. The molecule has 5 aromatic rings. The van der Waals surface area contributed by atoms with Gasteiger partial charge in [0.05, 0.1) is 18.5 Å². The van der Waals surface area contributed by atoms with Crippen LogP contribution in [0.3, 0.4) is 0 Å². The molecular weight excluding hydrogens is 414 g/mol. The van der Waals surface area contributed by atoms with E-state index in [2.05, 4.69) is 37.8 Å². The summed E-state index contributed by atoms with van der Waals surface area (Å²) in [5, 5.41) is 13.7. The Morgan fingerprint density at radius 1 is 0.848 bits per heavy atom. The Morgan fingerprint density at radius 3 is 2.55 bits per heavy atom. The van der Waals surface area contributed by atoms with E-state index in [0.29, 0.717) is 23.7 Å². The van der Waals surface area contributed by atoms with E-state index < -0.39 is 0 Å². The van der Waals surface area contributed by atoms with Crippen LogP contribution in [0.4, 0.5) is 5.69 Å². The molecule has 0 bridgehead atoms. The van der Waals surface area contributed by atoms with Crippen molar-refractivity contribution in [3.8, 4) is 17.0 Å². The number of fused-ring (bicyclic) bond motifs is 1. The second-order valence-corrected chi connectivity index (χ2v) is 7.53. The highest BCUT2D eigenvalue weighted by Crippen LogP contribution is 2.24. The number of aromatic amines is 1. The fourth-order valence-electron chi connectivity index (χ4n) is 3.52. The maximum absolute atomic E-state index is 12.8. The molecule has 0 spiro atoms. The van der Waals surface area contributed by atoms with Crippen LogP contribution in [0.15, 0.2) is 91.1 Å². The first-order chi connectivity index (χ1) is 16.2. The van der Waals surface area contributed by atoms with Gasteiger partial charge >= 0.3 is 0 Å². The molecule has 0 aliphatic rings. The normalized spacial score (nSPS) is 10.8. The minimum atomic E-state index is -0.209. The lowest BCUT2D eigenvalue weighted by molar-refractivity contribution is 0.102. The third-order valence-electron chi connectivity index (χ3n) is 5.25. The highest BCUT2D eigenvalue weighted by atomic mass is 16.5. The predicted octanol–water partition coefficient (Wildman–Crippen LogP) is 4.89. The van der Waals surface area contributed by atoms with E-state index in [0.717, 1.165) is 28.6 Å². The Labute approximate surface area is 190 Å². The summed E-state index contributed by atoms with van der Waals surface area (Å²) in [6, 6.07) is 26.9.